The summed E-state index contributed by atoms with van der Waals surface area (Å²) in [5, 5.41) is 18.2. The first-order chi connectivity index (χ1) is 8.08. The summed E-state index contributed by atoms with van der Waals surface area (Å²) in [6.07, 6.45) is 0.473. The van der Waals surface area contributed by atoms with Gasteiger partial charge < -0.3 is 14.6 Å². The van der Waals surface area contributed by atoms with Crippen LogP contribution in [-0.4, -0.2) is 25.9 Å². The molecule has 1 unspecified atom stereocenters. The molecule has 0 bridgehead atoms. The predicted octanol–water partition coefficient (Wildman–Crippen LogP) is 1.77. The van der Waals surface area contributed by atoms with E-state index in [-0.39, 0.29) is 6.61 Å². The lowest BCUT2D eigenvalue weighted by atomic mass is 9.86. The Balaban J connectivity index is 2.98. The van der Waals surface area contributed by atoms with E-state index in [1.165, 1.54) is 0 Å². The molecule has 0 aliphatic heterocycles. The Bertz CT molecular complexity index is 425. The van der Waals surface area contributed by atoms with Crippen molar-refractivity contribution in [3.05, 3.63) is 23.8 Å². The average molecular weight is 235 g/mol. The molecule has 0 aliphatic rings. The van der Waals surface area contributed by atoms with Gasteiger partial charge in [0.2, 0.25) is 0 Å². The fourth-order valence-electron chi connectivity index (χ4n) is 1.57. The molecule has 0 amide bonds. The minimum atomic E-state index is -0.764. The normalized spacial score (nSPS) is 13.6. The number of rotatable bonds is 5. The third-order valence-corrected chi connectivity index (χ3v) is 2.66. The van der Waals surface area contributed by atoms with Crippen molar-refractivity contribution in [2.75, 3.05) is 20.8 Å². The summed E-state index contributed by atoms with van der Waals surface area (Å²) in [5.74, 6) is 1.28. The number of benzene rings is 1. The van der Waals surface area contributed by atoms with Gasteiger partial charge in [-0.05, 0) is 31.0 Å². The summed E-state index contributed by atoms with van der Waals surface area (Å²) in [5.41, 5.74) is 0.167. The molecule has 1 atom stereocenters. The molecule has 0 heterocycles. The maximum absolute atomic E-state index is 9.20. The van der Waals surface area contributed by atoms with Crippen LogP contribution in [-0.2, 0) is 6.42 Å². The molecule has 17 heavy (non-hydrogen) atoms. The molecule has 0 fully saturated rings. The van der Waals surface area contributed by atoms with Crippen LogP contribution in [0.3, 0.4) is 0 Å². The lowest BCUT2D eigenvalue weighted by molar-refractivity contribution is 0.190. The van der Waals surface area contributed by atoms with Crippen LogP contribution in [0.15, 0.2) is 18.2 Å². The maximum Gasteiger partial charge on any atom is 0.160 e. The average Bonchev–Trinajstić information content (AvgIpc) is 2.38. The second kappa shape index (κ2) is 5.55. The first kappa shape index (κ1) is 13.3. The van der Waals surface area contributed by atoms with Crippen molar-refractivity contribution in [3.63, 3.8) is 0 Å². The van der Waals surface area contributed by atoms with E-state index in [2.05, 4.69) is 6.07 Å². The third kappa shape index (κ3) is 3.11. The Labute approximate surface area is 101 Å². The van der Waals surface area contributed by atoms with Gasteiger partial charge in [0.1, 0.15) is 0 Å². The molecule has 4 nitrogen and oxygen atoms in total. The second-order valence-corrected chi connectivity index (χ2v) is 4.20. The Morgan fingerprint density at radius 2 is 1.94 bits per heavy atom. The first-order valence-corrected chi connectivity index (χ1v) is 5.31. The largest absolute Gasteiger partial charge is 0.493 e. The zero-order valence-corrected chi connectivity index (χ0v) is 10.4. The third-order valence-electron chi connectivity index (χ3n) is 2.66. The van der Waals surface area contributed by atoms with Crippen LogP contribution in [0.1, 0.15) is 12.5 Å². The van der Waals surface area contributed by atoms with E-state index in [0.717, 1.165) is 5.56 Å². The number of aliphatic hydroxyl groups excluding tert-OH is 1. The Kier molecular flexibility index (Phi) is 4.36. The van der Waals surface area contributed by atoms with Crippen LogP contribution in [0.5, 0.6) is 11.5 Å². The molecule has 1 aromatic rings. The van der Waals surface area contributed by atoms with Gasteiger partial charge >= 0.3 is 0 Å². The van der Waals surface area contributed by atoms with Crippen molar-refractivity contribution in [2.45, 2.75) is 13.3 Å². The number of methoxy groups -OCH3 is 2. The summed E-state index contributed by atoms with van der Waals surface area (Å²) >= 11 is 0. The fourth-order valence-corrected chi connectivity index (χ4v) is 1.57. The highest BCUT2D eigenvalue weighted by atomic mass is 16.5. The second-order valence-electron chi connectivity index (χ2n) is 4.20. The first-order valence-electron chi connectivity index (χ1n) is 5.31. The zero-order valence-electron chi connectivity index (χ0n) is 10.4. The standard InChI is InChI=1S/C13H17NO3/c1-13(8-14,9-15)7-10-4-5-11(16-2)12(6-10)17-3/h4-6,15H,7,9H2,1-3H3. The highest BCUT2D eigenvalue weighted by Crippen LogP contribution is 2.30. The van der Waals surface area contributed by atoms with Crippen molar-refractivity contribution in [1.82, 2.24) is 0 Å². The molecular formula is C13H17NO3. The lowest BCUT2D eigenvalue weighted by Gasteiger charge is -2.19. The lowest BCUT2D eigenvalue weighted by Crippen LogP contribution is -2.22. The number of ether oxygens (including phenoxy) is 2. The van der Waals surface area contributed by atoms with Crippen LogP contribution >= 0.6 is 0 Å². The minimum Gasteiger partial charge on any atom is -0.493 e. The summed E-state index contributed by atoms with van der Waals surface area (Å²) in [6, 6.07) is 7.61. The molecule has 1 rings (SSSR count). The van der Waals surface area contributed by atoms with E-state index in [9.17, 15) is 5.11 Å². The van der Waals surface area contributed by atoms with Gasteiger partial charge in [-0.1, -0.05) is 6.07 Å². The summed E-state index contributed by atoms with van der Waals surface area (Å²) in [4.78, 5) is 0. The van der Waals surface area contributed by atoms with Gasteiger partial charge in [-0.2, -0.15) is 5.26 Å². The Morgan fingerprint density at radius 3 is 2.41 bits per heavy atom. The number of nitrogens with zero attached hydrogens (tertiary/aromatic N) is 1. The van der Waals surface area contributed by atoms with Crippen LogP contribution in [0, 0.1) is 16.7 Å². The van der Waals surface area contributed by atoms with E-state index in [0.29, 0.717) is 17.9 Å². The zero-order chi connectivity index (χ0) is 12.9. The van der Waals surface area contributed by atoms with Gasteiger partial charge in [0.25, 0.3) is 0 Å². The summed E-state index contributed by atoms with van der Waals surface area (Å²) in [7, 11) is 3.14. The molecule has 0 saturated carbocycles. The van der Waals surface area contributed by atoms with Gasteiger partial charge in [-0.3, -0.25) is 0 Å². The smallest absolute Gasteiger partial charge is 0.160 e. The molecule has 0 spiro atoms. The van der Waals surface area contributed by atoms with Gasteiger partial charge in [-0.25, -0.2) is 0 Å². The van der Waals surface area contributed by atoms with Crippen LogP contribution in [0.25, 0.3) is 0 Å². The van der Waals surface area contributed by atoms with Gasteiger partial charge in [0.05, 0.1) is 32.3 Å². The van der Waals surface area contributed by atoms with Crippen LogP contribution < -0.4 is 9.47 Å². The van der Waals surface area contributed by atoms with E-state index in [1.807, 2.05) is 12.1 Å². The van der Waals surface area contributed by atoms with E-state index >= 15 is 0 Å². The molecule has 0 aliphatic carbocycles. The van der Waals surface area contributed by atoms with E-state index in [1.54, 1.807) is 27.2 Å². The monoisotopic (exact) mass is 235 g/mol. The molecule has 4 heteroatoms. The predicted molar refractivity (Wildman–Crippen MR) is 64.1 cm³/mol. The van der Waals surface area contributed by atoms with E-state index in [4.69, 9.17) is 14.7 Å². The number of nitriles is 1. The molecule has 1 aromatic carbocycles. The summed E-state index contributed by atoms with van der Waals surface area (Å²) in [6.45, 7) is 1.56. The number of aliphatic hydroxyl groups is 1. The molecule has 92 valence electrons. The fraction of sp³-hybridized carbons (Fsp3) is 0.462. The van der Waals surface area contributed by atoms with Gasteiger partial charge in [0, 0.05) is 0 Å². The number of hydrogen-bond acceptors (Lipinski definition) is 4. The maximum atomic E-state index is 9.20. The Morgan fingerprint density at radius 1 is 1.29 bits per heavy atom. The van der Waals surface area contributed by atoms with Crippen molar-refractivity contribution < 1.29 is 14.6 Å². The molecule has 0 aromatic heterocycles. The van der Waals surface area contributed by atoms with Crippen LogP contribution in [0.4, 0.5) is 0 Å². The van der Waals surface area contributed by atoms with Gasteiger partial charge in [0.15, 0.2) is 11.5 Å². The van der Waals surface area contributed by atoms with Crippen molar-refractivity contribution in [1.29, 1.82) is 5.26 Å². The highest BCUT2D eigenvalue weighted by molar-refractivity contribution is 5.43. The number of hydrogen-bond donors (Lipinski definition) is 1. The molecule has 1 N–H and O–H groups in total. The van der Waals surface area contributed by atoms with Crippen molar-refractivity contribution in [2.24, 2.45) is 5.41 Å². The molecule has 0 saturated heterocycles. The summed E-state index contributed by atoms with van der Waals surface area (Å²) < 4.78 is 10.3. The van der Waals surface area contributed by atoms with Gasteiger partial charge in [-0.15, -0.1) is 0 Å². The highest BCUT2D eigenvalue weighted by Gasteiger charge is 2.23. The SMILES string of the molecule is COc1ccc(CC(C)(C#N)CO)cc1OC. The molecular weight excluding hydrogens is 218 g/mol. The molecule has 0 radical (unpaired) electrons. The minimum absolute atomic E-state index is 0.169. The quantitative estimate of drug-likeness (QED) is 0.844. The van der Waals surface area contributed by atoms with Crippen molar-refractivity contribution >= 4 is 0 Å². The topological polar surface area (TPSA) is 62.5 Å². The van der Waals surface area contributed by atoms with E-state index < -0.39 is 5.41 Å². The Hall–Kier alpha value is -1.73. The van der Waals surface area contributed by atoms with Crippen LogP contribution in [0.2, 0.25) is 0 Å². The van der Waals surface area contributed by atoms with Crippen molar-refractivity contribution in [3.8, 4) is 17.6 Å².